The van der Waals surface area contributed by atoms with Gasteiger partial charge in [-0.15, -0.1) is 11.3 Å². The minimum absolute atomic E-state index is 0.0112. The van der Waals surface area contributed by atoms with Crippen molar-refractivity contribution in [3.8, 4) is 0 Å². The summed E-state index contributed by atoms with van der Waals surface area (Å²) in [6.07, 6.45) is 3.12. The van der Waals surface area contributed by atoms with Crippen LogP contribution in [-0.2, 0) is 14.9 Å². The van der Waals surface area contributed by atoms with E-state index in [1.165, 1.54) is 23.3 Å². The highest BCUT2D eigenvalue weighted by atomic mass is 32.1. The summed E-state index contributed by atoms with van der Waals surface area (Å²) in [6, 6.07) is 2.25. The van der Waals surface area contributed by atoms with Gasteiger partial charge in [0.1, 0.15) is 5.60 Å². The van der Waals surface area contributed by atoms with E-state index in [9.17, 15) is 4.79 Å². The number of thiophene rings is 1. The number of rotatable bonds is 4. The highest BCUT2D eigenvalue weighted by Gasteiger charge is 2.51. The number of fused-ring (bicyclic) bond motifs is 2. The summed E-state index contributed by atoms with van der Waals surface area (Å²) >= 11 is 1.76. The molecule has 2 heterocycles. The van der Waals surface area contributed by atoms with Crippen LogP contribution in [0.5, 0.6) is 0 Å². The van der Waals surface area contributed by atoms with Crippen molar-refractivity contribution in [2.75, 3.05) is 6.61 Å². The highest BCUT2D eigenvalue weighted by molar-refractivity contribution is 7.10. The first-order valence-electron chi connectivity index (χ1n) is 8.31. The van der Waals surface area contributed by atoms with Gasteiger partial charge in [0.05, 0.1) is 12.7 Å². The summed E-state index contributed by atoms with van der Waals surface area (Å²) in [5.41, 5.74) is 6.48. The average Bonchev–Trinajstić information content (AvgIpc) is 2.95. The largest absolute Gasteiger partial charge is 0.443 e. The summed E-state index contributed by atoms with van der Waals surface area (Å²) in [6.45, 7) is 9.19. The van der Waals surface area contributed by atoms with Gasteiger partial charge in [0.15, 0.2) is 0 Å². The molecule has 128 valence electrons. The van der Waals surface area contributed by atoms with Gasteiger partial charge < -0.3 is 15.2 Å². The molecule has 1 fully saturated rings. The maximum atomic E-state index is 11.4. The van der Waals surface area contributed by atoms with E-state index in [2.05, 4.69) is 32.2 Å². The fourth-order valence-corrected chi connectivity index (χ4v) is 5.11. The predicted molar refractivity (Wildman–Crippen MR) is 91.7 cm³/mol. The lowest BCUT2D eigenvalue weighted by Gasteiger charge is -2.39. The van der Waals surface area contributed by atoms with Crippen LogP contribution in [0.4, 0.5) is 4.79 Å². The zero-order valence-corrected chi connectivity index (χ0v) is 15.3. The quantitative estimate of drug-likeness (QED) is 0.878. The Hall–Kier alpha value is -1.07. The van der Waals surface area contributed by atoms with Crippen molar-refractivity contribution in [3.05, 3.63) is 21.9 Å². The van der Waals surface area contributed by atoms with Crippen molar-refractivity contribution < 1.29 is 14.3 Å². The normalized spacial score (nSPS) is 24.8. The molecule has 23 heavy (non-hydrogen) atoms. The van der Waals surface area contributed by atoms with Crippen LogP contribution in [0.15, 0.2) is 11.4 Å². The zero-order chi connectivity index (χ0) is 16.9. The smallest absolute Gasteiger partial charge is 0.405 e. The van der Waals surface area contributed by atoms with Gasteiger partial charge in [-0.3, -0.25) is 0 Å². The van der Waals surface area contributed by atoms with Gasteiger partial charge in [-0.2, -0.15) is 0 Å². The maximum Gasteiger partial charge on any atom is 0.405 e. The third-order valence-electron chi connectivity index (χ3n) is 4.84. The molecule has 4 nitrogen and oxygen atoms in total. The fraction of sp³-hybridized carbons (Fsp3) is 0.722. The summed E-state index contributed by atoms with van der Waals surface area (Å²) in [5, 5.41) is 2.16. The average molecular weight is 337 g/mol. The van der Waals surface area contributed by atoms with Gasteiger partial charge in [0.25, 0.3) is 0 Å². The standard InChI is InChI=1S/C18H27NO3S/c1-16(2,3)10-17(4,22-15(19)20)9-13-14-12(5-8-23-14)18(6-7-18)11-21-13/h5,8,13H,6-7,9-11H2,1-4H3,(H2,19,20). The molecule has 2 aliphatic rings. The molecule has 1 amide bonds. The minimum atomic E-state index is -0.711. The molecule has 2 N–H and O–H groups in total. The molecule has 0 radical (unpaired) electrons. The summed E-state index contributed by atoms with van der Waals surface area (Å²) in [5.74, 6) is 0. The molecule has 1 aliphatic heterocycles. The lowest BCUT2D eigenvalue weighted by Crippen LogP contribution is -2.40. The Kier molecular flexibility index (Phi) is 4.00. The number of nitrogens with two attached hydrogens (primary N) is 1. The van der Waals surface area contributed by atoms with Gasteiger partial charge in [-0.25, -0.2) is 4.79 Å². The van der Waals surface area contributed by atoms with E-state index in [0.29, 0.717) is 6.42 Å². The Balaban J connectivity index is 1.82. The van der Waals surface area contributed by atoms with Crippen molar-refractivity contribution in [2.45, 2.75) is 70.5 Å². The Morgan fingerprint density at radius 1 is 1.43 bits per heavy atom. The molecule has 0 bridgehead atoms. The van der Waals surface area contributed by atoms with Crippen LogP contribution in [0.3, 0.4) is 0 Å². The van der Waals surface area contributed by atoms with E-state index in [0.717, 1.165) is 13.0 Å². The van der Waals surface area contributed by atoms with Crippen LogP contribution in [0.25, 0.3) is 0 Å². The zero-order valence-electron chi connectivity index (χ0n) is 14.5. The third kappa shape index (κ3) is 3.56. The second-order valence-electron chi connectivity index (χ2n) is 8.59. The van der Waals surface area contributed by atoms with E-state index in [4.69, 9.17) is 15.2 Å². The molecule has 5 heteroatoms. The Labute approximate surface area is 142 Å². The first kappa shape index (κ1) is 16.8. The highest BCUT2D eigenvalue weighted by Crippen LogP contribution is 2.56. The van der Waals surface area contributed by atoms with E-state index < -0.39 is 11.7 Å². The van der Waals surface area contributed by atoms with Gasteiger partial charge >= 0.3 is 6.09 Å². The van der Waals surface area contributed by atoms with Gasteiger partial charge in [0, 0.05) is 16.7 Å². The molecule has 0 aromatic carbocycles. The minimum Gasteiger partial charge on any atom is -0.443 e. The Morgan fingerprint density at radius 2 is 2.13 bits per heavy atom. The summed E-state index contributed by atoms with van der Waals surface area (Å²) in [4.78, 5) is 12.7. The SMILES string of the molecule is CC(C)(C)CC(C)(CC1OCC2(CC2)c2ccsc21)OC(N)=O. The van der Waals surface area contributed by atoms with Crippen LogP contribution >= 0.6 is 11.3 Å². The molecule has 1 spiro atoms. The molecule has 2 atom stereocenters. The number of hydrogen-bond acceptors (Lipinski definition) is 4. The van der Waals surface area contributed by atoms with Crippen molar-refractivity contribution in [1.29, 1.82) is 0 Å². The first-order valence-corrected chi connectivity index (χ1v) is 9.19. The van der Waals surface area contributed by atoms with E-state index in [-0.39, 0.29) is 16.9 Å². The van der Waals surface area contributed by atoms with E-state index >= 15 is 0 Å². The fourth-order valence-electron chi connectivity index (χ4n) is 4.04. The number of amides is 1. The predicted octanol–water partition coefficient (Wildman–Crippen LogP) is 4.53. The lowest BCUT2D eigenvalue weighted by molar-refractivity contribution is -0.0636. The topological polar surface area (TPSA) is 61.6 Å². The molecule has 1 aromatic rings. The summed E-state index contributed by atoms with van der Waals surface area (Å²) in [7, 11) is 0. The molecule has 1 aromatic heterocycles. The van der Waals surface area contributed by atoms with Crippen molar-refractivity contribution in [1.82, 2.24) is 0 Å². The number of ether oxygens (including phenoxy) is 2. The lowest BCUT2D eigenvalue weighted by atomic mass is 9.79. The second kappa shape index (κ2) is 5.49. The van der Waals surface area contributed by atoms with E-state index in [1.54, 1.807) is 11.3 Å². The van der Waals surface area contributed by atoms with Crippen LogP contribution in [0, 0.1) is 5.41 Å². The second-order valence-corrected chi connectivity index (χ2v) is 9.54. The van der Waals surface area contributed by atoms with Crippen LogP contribution in [-0.4, -0.2) is 18.3 Å². The molecule has 0 saturated heterocycles. The molecule has 2 unspecified atom stereocenters. The number of primary amides is 1. The van der Waals surface area contributed by atoms with Crippen LogP contribution in [0.1, 0.15) is 69.9 Å². The molecule has 1 aliphatic carbocycles. The van der Waals surface area contributed by atoms with Crippen LogP contribution < -0.4 is 5.73 Å². The maximum absolute atomic E-state index is 11.4. The van der Waals surface area contributed by atoms with Crippen molar-refractivity contribution in [3.63, 3.8) is 0 Å². The van der Waals surface area contributed by atoms with Crippen molar-refractivity contribution >= 4 is 17.4 Å². The monoisotopic (exact) mass is 337 g/mol. The van der Waals surface area contributed by atoms with Gasteiger partial charge in [0.2, 0.25) is 0 Å². The number of carbonyl (C=O) groups is 1. The molecular formula is C18H27NO3S. The first-order chi connectivity index (χ1) is 10.6. The Morgan fingerprint density at radius 3 is 2.70 bits per heavy atom. The van der Waals surface area contributed by atoms with Gasteiger partial charge in [-0.05, 0) is 48.6 Å². The van der Waals surface area contributed by atoms with E-state index in [1.807, 2.05) is 6.92 Å². The molecule has 1 saturated carbocycles. The number of hydrogen-bond donors (Lipinski definition) is 1. The third-order valence-corrected chi connectivity index (χ3v) is 5.85. The van der Waals surface area contributed by atoms with Crippen molar-refractivity contribution in [2.24, 2.45) is 11.1 Å². The number of carbonyl (C=O) groups excluding carboxylic acids is 1. The molecule has 3 rings (SSSR count). The molecular weight excluding hydrogens is 310 g/mol. The van der Waals surface area contributed by atoms with Crippen LogP contribution in [0.2, 0.25) is 0 Å². The Bertz CT molecular complexity index is 600. The van der Waals surface area contributed by atoms with Gasteiger partial charge in [-0.1, -0.05) is 20.8 Å². The summed E-state index contributed by atoms with van der Waals surface area (Å²) < 4.78 is 11.7.